The van der Waals surface area contributed by atoms with E-state index in [1.807, 2.05) is 37.3 Å². The van der Waals surface area contributed by atoms with Crippen LogP contribution in [0.5, 0.6) is 0 Å². The van der Waals surface area contributed by atoms with Crippen LogP contribution in [0.15, 0.2) is 41.5 Å². The summed E-state index contributed by atoms with van der Waals surface area (Å²) in [5, 5.41) is 0.0759. The molecule has 5 atom stereocenters. The molecule has 1 aromatic carbocycles. The van der Waals surface area contributed by atoms with Gasteiger partial charge in [0.2, 0.25) is 5.91 Å². The van der Waals surface area contributed by atoms with Crippen molar-refractivity contribution in [3.63, 3.8) is 0 Å². The summed E-state index contributed by atoms with van der Waals surface area (Å²) in [6.45, 7) is 15.6. The van der Waals surface area contributed by atoms with Gasteiger partial charge in [0.25, 0.3) is 5.24 Å². The summed E-state index contributed by atoms with van der Waals surface area (Å²) in [5.41, 5.74) is 3.65. The minimum Gasteiger partial charge on any atom is -0.274 e. The quantitative estimate of drug-likeness (QED) is 0.614. The van der Waals surface area contributed by atoms with E-state index in [1.54, 1.807) is 4.90 Å². The number of allylic oxidation sites excluding steroid dienone is 1. The summed E-state index contributed by atoms with van der Waals surface area (Å²) >= 11 is 1.40. The molecule has 1 heterocycles. The first-order valence-corrected chi connectivity index (χ1v) is 11.1. The van der Waals surface area contributed by atoms with E-state index in [2.05, 4.69) is 41.5 Å². The molecule has 4 heteroatoms. The Balaban J connectivity index is 1.71. The van der Waals surface area contributed by atoms with Gasteiger partial charge in [0, 0.05) is 22.0 Å². The van der Waals surface area contributed by atoms with E-state index < -0.39 is 0 Å². The average molecular weight is 398 g/mol. The number of carbonyl (C=O) groups excluding carboxylic acids is 2. The predicted molar refractivity (Wildman–Crippen MR) is 115 cm³/mol. The van der Waals surface area contributed by atoms with Crippen molar-refractivity contribution in [1.82, 2.24) is 4.90 Å². The zero-order chi connectivity index (χ0) is 20.6. The van der Waals surface area contributed by atoms with Gasteiger partial charge < -0.3 is 0 Å². The van der Waals surface area contributed by atoms with Crippen LogP contribution in [0.25, 0.3) is 0 Å². The molecule has 2 amide bonds. The molecule has 0 radical (unpaired) electrons. The second kappa shape index (κ2) is 5.98. The van der Waals surface area contributed by atoms with E-state index in [1.165, 1.54) is 22.9 Å². The highest BCUT2D eigenvalue weighted by Gasteiger charge is 2.78. The molecule has 2 fully saturated rings. The molecule has 1 saturated carbocycles. The van der Waals surface area contributed by atoms with Crippen LogP contribution in [-0.2, 0) is 11.2 Å². The first kappa shape index (κ1) is 19.8. The van der Waals surface area contributed by atoms with Crippen LogP contribution in [0.4, 0.5) is 4.79 Å². The van der Waals surface area contributed by atoms with Crippen LogP contribution in [0, 0.1) is 22.2 Å². The molecule has 0 spiro atoms. The van der Waals surface area contributed by atoms with Crippen molar-refractivity contribution in [2.24, 2.45) is 22.2 Å². The number of rotatable bonds is 3. The second-order valence-electron chi connectivity index (χ2n) is 9.83. The highest BCUT2D eigenvalue weighted by molar-refractivity contribution is 8.14. The minimum absolute atomic E-state index is 0.00159. The molecule has 0 N–H and O–H groups in total. The van der Waals surface area contributed by atoms with E-state index in [4.69, 9.17) is 0 Å². The molecule has 2 unspecified atom stereocenters. The Labute approximate surface area is 172 Å². The Kier molecular flexibility index (Phi) is 4.22. The van der Waals surface area contributed by atoms with Crippen molar-refractivity contribution >= 4 is 22.9 Å². The van der Waals surface area contributed by atoms with E-state index in [0.29, 0.717) is 6.42 Å². The smallest absolute Gasteiger partial charge is 0.274 e. The van der Waals surface area contributed by atoms with Gasteiger partial charge >= 0.3 is 0 Å². The molecule has 4 rings (SSSR count). The summed E-state index contributed by atoms with van der Waals surface area (Å²) < 4.78 is 0. The summed E-state index contributed by atoms with van der Waals surface area (Å²) in [6.07, 6.45) is 0.663. The number of imide groups is 1. The van der Waals surface area contributed by atoms with E-state index in [0.717, 1.165) is 5.56 Å². The third-order valence-electron chi connectivity index (χ3n) is 8.91. The number of hydrogen-bond acceptors (Lipinski definition) is 3. The van der Waals surface area contributed by atoms with Crippen LogP contribution in [-0.4, -0.2) is 27.3 Å². The van der Waals surface area contributed by atoms with Gasteiger partial charge in [-0.1, -0.05) is 87.9 Å². The summed E-state index contributed by atoms with van der Waals surface area (Å²) in [5.74, 6) is -0.234. The molecule has 1 saturated heterocycles. The number of thioether (sulfide) groups is 1. The molecular formula is C24H31NO2S. The molecular weight excluding hydrogens is 366 g/mol. The Morgan fingerprint density at radius 1 is 1.07 bits per heavy atom. The third kappa shape index (κ3) is 2.08. The maximum absolute atomic E-state index is 13.5. The number of carbonyl (C=O) groups is 2. The van der Waals surface area contributed by atoms with E-state index >= 15 is 0 Å². The molecule has 2 aliphatic carbocycles. The molecule has 2 bridgehead atoms. The molecule has 1 aliphatic heterocycles. The fourth-order valence-electron chi connectivity index (χ4n) is 6.41. The lowest BCUT2D eigenvalue weighted by atomic mass is 9.62. The molecule has 150 valence electrons. The first-order valence-electron chi connectivity index (χ1n) is 10.3. The Hall–Kier alpha value is -1.55. The predicted octanol–water partition coefficient (Wildman–Crippen LogP) is 5.70. The topological polar surface area (TPSA) is 37.4 Å². The fraction of sp³-hybridized carbons (Fsp3) is 0.583. The standard InChI is InChI=1S/C24H31NO2S/c1-14(13-17-11-9-8-10-12-17)20(26)25-18-19(28-21(25)27)24(7)16(3)15(2)23(18,6)22(24,4)5/h8-12,14,18-19H,13H2,1-7H3/t14-,18-,19+,23?,24?/m0/s1. The highest BCUT2D eigenvalue weighted by Crippen LogP contribution is 2.78. The Morgan fingerprint density at radius 3 is 2.25 bits per heavy atom. The fourth-order valence-corrected chi connectivity index (χ4v) is 8.17. The third-order valence-corrected chi connectivity index (χ3v) is 10.3. The molecule has 28 heavy (non-hydrogen) atoms. The monoisotopic (exact) mass is 397 g/mol. The van der Waals surface area contributed by atoms with Gasteiger partial charge in [-0.15, -0.1) is 0 Å². The molecule has 0 aromatic heterocycles. The summed E-state index contributed by atoms with van der Waals surface area (Å²) in [7, 11) is 0. The van der Waals surface area contributed by atoms with Crippen molar-refractivity contribution in [3.05, 3.63) is 47.0 Å². The second-order valence-corrected chi connectivity index (χ2v) is 10.9. The Bertz CT molecular complexity index is 889. The van der Waals surface area contributed by atoms with Crippen molar-refractivity contribution in [1.29, 1.82) is 0 Å². The first-order chi connectivity index (χ1) is 13.0. The van der Waals surface area contributed by atoms with Crippen LogP contribution in [0.3, 0.4) is 0 Å². The van der Waals surface area contributed by atoms with Crippen LogP contribution in [0.1, 0.15) is 54.0 Å². The normalized spacial score (nSPS) is 36.8. The zero-order valence-electron chi connectivity index (χ0n) is 18.0. The van der Waals surface area contributed by atoms with Crippen LogP contribution < -0.4 is 0 Å². The highest BCUT2D eigenvalue weighted by atomic mass is 32.2. The largest absolute Gasteiger partial charge is 0.288 e. The summed E-state index contributed by atoms with van der Waals surface area (Å²) in [6, 6.07) is 10.0. The Morgan fingerprint density at radius 2 is 1.64 bits per heavy atom. The van der Waals surface area contributed by atoms with Gasteiger partial charge in [-0.05, 0) is 31.2 Å². The van der Waals surface area contributed by atoms with E-state index in [-0.39, 0.29) is 44.6 Å². The lowest BCUT2D eigenvalue weighted by Gasteiger charge is -2.44. The lowest BCUT2D eigenvalue weighted by Crippen LogP contribution is -2.52. The number of fused-ring (bicyclic) bond motifs is 5. The lowest BCUT2D eigenvalue weighted by molar-refractivity contribution is -0.134. The van der Waals surface area contributed by atoms with E-state index in [9.17, 15) is 9.59 Å². The van der Waals surface area contributed by atoms with Gasteiger partial charge in [-0.3, -0.25) is 14.5 Å². The number of benzene rings is 1. The van der Waals surface area contributed by atoms with Crippen molar-refractivity contribution in [3.8, 4) is 0 Å². The summed E-state index contributed by atoms with van der Waals surface area (Å²) in [4.78, 5) is 28.2. The van der Waals surface area contributed by atoms with Crippen molar-refractivity contribution in [2.75, 3.05) is 0 Å². The van der Waals surface area contributed by atoms with Gasteiger partial charge in [-0.25, -0.2) is 0 Å². The average Bonchev–Trinajstić information content (AvgIpc) is 3.10. The molecule has 3 nitrogen and oxygen atoms in total. The van der Waals surface area contributed by atoms with Crippen LogP contribution in [0.2, 0.25) is 0 Å². The maximum Gasteiger partial charge on any atom is 0.288 e. The van der Waals surface area contributed by atoms with Crippen molar-refractivity contribution in [2.45, 2.75) is 66.2 Å². The van der Waals surface area contributed by atoms with Gasteiger partial charge in [0.1, 0.15) is 0 Å². The molecule has 3 aliphatic rings. The minimum atomic E-state index is -0.213. The van der Waals surface area contributed by atoms with Crippen LogP contribution >= 0.6 is 11.8 Å². The maximum atomic E-state index is 13.5. The zero-order valence-corrected chi connectivity index (χ0v) is 18.8. The van der Waals surface area contributed by atoms with Crippen molar-refractivity contribution < 1.29 is 9.59 Å². The number of hydrogen-bond donors (Lipinski definition) is 0. The molecule has 1 aromatic rings. The van der Waals surface area contributed by atoms with Gasteiger partial charge in [0.15, 0.2) is 0 Å². The number of nitrogens with zero attached hydrogens (tertiary/aromatic N) is 1. The van der Waals surface area contributed by atoms with Gasteiger partial charge in [0.05, 0.1) is 6.04 Å². The number of amides is 2. The SMILES string of the molecule is CC1=C(C)C2(C)[C@@H]3[C@@H](SC(=O)N3C(=O)[C@@H](C)Cc3ccccc3)C1(C)C2(C)C. The van der Waals surface area contributed by atoms with Gasteiger partial charge in [-0.2, -0.15) is 0 Å².